The Balaban J connectivity index is 1.73. The van der Waals surface area contributed by atoms with Gasteiger partial charge in [-0.1, -0.05) is 52.9 Å². The van der Waals surface area contributed by atoms with Crippen molar-refractivity contribution in [3.8, 4) is 0 Å². The Morgan fingerprint density at radius 2 is 2.05 bits per heavy atom. The summed E-state index contributed by atoms with van der Waals surface area (Å²) in [6.07, 6.45) is 1.93. The van der Waals surface area contributed by atoms with Crippen LogP contribution in [0, 0.1) is 6.92 Å². The number of carbonyl (C=O) groups is 1. The lowest BCUT2D eigenvalue weighted by Crippen LogP contribution is -2.13. The smallest absolute Gasteiger partial charge is 0.236 e. The monoisotopic (exact) mass is 325 g/mol. The lowest BCUT2D eigenvalue weighted by molar-refractivity contribution is -0.113. The van der Waals surface area contributed by atoms with Gasteiger partial charge in [-0.05, 0) is 18.7 Å². The molecule has 0 aliphatic carbocycles. The van der Waals surface area contributed by atoms with Crippen LogP contribution < -0.4 is 5.32 Å². The highest BCUT2D eigenvalue weighted by Crippen LogP contribution is 2.23. The zero-order valence-electron chi connectivity index (χ0n) is 11.3. The Morgan fingerprint density at radius 1 is 1.30 bits per heavy atom. The average Bonchev–Trinajstić information content (AvgIpc) is 2.88. The number of carbonyl (C=O) groups excluding carboxylic acids is 1. The van der Waals surface area contributed by atoms with Gasteiger partial charge in [0, 0.05) is 5.75 Å². The molecule has 1 aromatic heterocycles. The molecule has 1 amide bonds. The summed E-state index contributed by atoms with van der Waals surface area (Å²) in [5.41, 5.74) is 2.48. The quantitative estimate of drug-likeness (QED) is 0.651. The van der Waals surface area contributed by atoms with E-state index in [1.807, 2.05) is 6.26 Å². The van der Waals surface area contributed by atoms with Crippen LogP contribution >= 0.6 is 34.9 Å². The summed E-state index contributed by atoms with van der Waals surface area (Å²) in [7, 11) is 0. The normalized spacial score (nSPS) is 10.5. The third kappa shape index (κ3) is 4.81. The highest BCUT2D eigenvalue weighted by molar-refractivity contribution is 8.00. The maximum Gasteiger partial charge on any atom is 0.236 e. The third-order valence-electron chi connectivity index (χ3n) is 2.45. The number of rotatable bonds is 6. The van der Waals surface area contributed by atoms with Crippen molar-refractivity contribution < 1.29 is 4.79 Å². The van der Waals surface area contributed by atoms with Crippen LogP contribution in [0.1, 0.15) is 11.1 Å². The van der Waals surface area contributed by atoms with Crippen molar-refractivity contribution in [3.05, 3.63) is 35.4 Å². The van der Waals surface area contributed by atoms with Crippen molar-refractivity contribution in [3.63, 3.8) is 0 Å². The molecule has 1 aromatic carbocycles. The lowest BCUT2D eigenvalue weighted by atomic mass is 10.2. The SMILES string of the molecule is CSc1nnc(NC(=O)CSCc2ccc(C)cc2)s1. The molecular weight excluding hydrogens is 310 g/mol. The highest BCUT2D eigenvalue weighted by Gasteiger charge is 2.07. The van der Waals surface area contributed by atoms with E-state index in [0.717, 1.165) is 10.1 Å². The number of aryl methyl sites for hydroxylation is 1. The standard InChI is InChI=1S/C13H15N3OS3/c1-9-3-5-10(6-4-9)7-19-8-11(17)14-12-15-16-13(18-2)20-12/h3-6H,7-8H2,1-2H3,(H,14,15,17). The molecule has 0 aliphatic rings. The molecule has 0 saturated heterocycles. The first-order chi connectivity index (χ1) is 9.67. The van der Waals surface area contributed by atoms with E-state index in [4.69, 9.17) is 0 Å². The summed E-state index contributed by atoms with van der Waals surface area (Å²) in [4.78, 5) is 11.8. The molecule has 20 heavy (non-hydrogen) atoms. The van der Waals surface area contributed by atoms with E-state index in [9.17, 15) is 4.79 Å². The van der Waals surface area contributed by atoms with Gasteiger partial charge in [-0.15, -0.1) is 22.0 Å². The Kier molecular flexibility index (Phi) is 5.87. The van der Waals surface area contributed by atoms with Gasteiger partial charge in [-0.25, -0.2) is 0 Å². The first-order valence-corrected chi connectivity index (χ1v) is 9.17. The van der Waals surface area contributed by atoms with Crippen molar-refractivity contribution in [1.82, 2.24) is 10.2 Å². The van der Waals surface area contributed by atoms with Crippen molar-refractivity contribution in [1.29, 1.82) is 0 Å². The van der Waals surface area contributed by atoms with Crippen LogP contribution in [-0.2, 0) is 10.5 Å². The molecule has 1 N–H and O–H groups in total. The van der Waals surface area contributed by atoms with Gasteiger partial charge in [0.1, 0.15) is 0 Å². The van der Waals surface area contributed by atoms with Crippen molar-refractivity contribution in [2.24, 2.45) is 0 Å². The molecule has 2 aromatic rings. The maximum atomic E-state index is 11.8. The zero-order valence-corrected chi connectivity index (χ0v) is 13.7. The minimum absolute atomic E-state index is 0.0362. The van der Waals surface area contributed by atoms with Crippen LogP contribution in [-0.4, -0.2) is 28.1 Å². The Labute approximate surface area is 130 Å². The van der Waals surface area contributed by atoms with Crippen LogP contribution in [0.25, 0.3) is 0 Å². The Bertz CT molecular complexity index is 568. The number of anilines is 1. The molecule has 7 heteroatoms. The molecular formula is C13H15N3OS3. The summed E-state index contributed by atoms with van der Waals surface area (Å²) in [5, 5.41) is 11.2. The van der Waals surface area contributed by atoms with E-state index < -0.39 is 0 Å². The van der Waals surface area contributed by atoms with Gasteiger partial charge >= 0.3 is 0 Å². The van der Waals surface area contributed by atoms with Crippen LogP contribution in [0.15, 0.2) is 28.6 Å². The second-order valence-electron chi connectivity index (χ2n) is 4.10. The van der Waals surface area contributed by atoms with Crippen molar-refractivity contribution in [2.45, 2.75) is 17.0 Å². The van der Waals surface area contributed by atoms with Gasteiger partial charge in [-0.3, -0.25) is 10.1 Å². The molecule has 0 saturated carbocycles. The molecule has 0 unspecified atom stereocenters. The Hall–Kier alpha value is -1.05. The summed E-state index contributed by atoms with van der Waals surface area (Å²) >= 11 is 4.50. The third-order valence-corrected chi connectivity index (χ3v) is 5.27. The number of hydrogen-bond donors (Lipinski definition) is 1. The highest BCUT2D eigenvalue weighted by atomic mass is 32.2. The molecule has 0 bridgehead atoms. The number of thioether (sulfide) groups is 2. The van der Waals surface area contributed by atoms with E-state index in [1.54, 1.807) is 11.8 Å². The maximum absolute atomic E-state index is 11.8. The minimum atomic E-state index is -0.0362. The lowest BCUT2D eigenvalue weighted by Gasteiger charge is -2.02. The van der Waals surface area contributed by atoms with E-state index in [-0.39, 0.29) is 5.91 Å². The van der Waals surface area contributed by atoms with Crippen molar-refractivity contribution in [2.75, 3.05) is 17.3 Å². The van der Waals surface area contributed by atoms with Crippen molar-refractivity contribution >= 4 is 45.9 Å². The van der Waals surface area contributed by atoms with Crippen LogP contribution in [0.4, 0.5) is 5.13 Å². The van der Waals surface area contributed by atoms with Gasteiger partial charge < -0.3 is 0 Å². The molecule has 0 aliphatic heterocycles. The zero-order chi connectivity index (χ0) is 14.4. The first-order valence-electron chi connectivity index (χ1n) is 5.98. The largest absolute Gasteiger partial charge is 0.300 e. The molecule has 0 radical (unpaired) electrons. The fourth-order valence-electron chi connectivity index (χ4n) is 1.44. The molecule has 106 valence electrons. The number of hydrogen-bond acceptors (Lipinski definition) is 6. The van der Waals surface area contributed by atoms with Crippen LogP contribution in [0.3, 0.4) is 0 Å². The molecule has 0 atom stereocenters. The van der Waals surface area contributed by atoms with E-state index in [2.05, 4.69) is 46.7 Å². The number of amides is 1. The molecule has 1 heterocycles. The molecule has 0 fully saturated rings. The topological polar surface area (TPSA) is 54.9 Å². The summed E-state index contributed by atoms with van der Waals surface area (Å²) in [6, 6.07) is 8.35. The predicted molar refractivity (Wildman–Crippen MR) is 87.7 cm³/mol. The summed E-state index contributed by atoms with van der Waals surface area (Å²) in [6.45, 7) is 2.06. The van der Waals surface area contributed by atoms with Gasteiger partial charge in [0.2, 0.25) is 11.0 Å². The van der Waals surface area contributed by atoms with Gasteiger partial charge in [-0.2, -0.15) is 0 Å². The van der Waals surface area contributed by atoms with Gasteiger partial charge in [0.15, 0.2) is 4.34 Å². The predicted octanol–water partition coefficient (Wildman–Crippen LogP) is 3.44. The Morgan fingerprint density at radius 3 is 2.70 bits per heavy atom. The molecule has 2 rings (SSSR count). The number of benzene rings is 1. The fourth-order valence-corrected chi connectivity index (χ4v) is 3.42. The van der Waals surface area contributed by atoms with Crippen LogP contribution in [0.2, 0.25) is 0 Å². The van der Waals surface area contributed by atoms with E-state index in [0.29, 0.717) is 10.9 Å². The first kappa shape index (κ1) is 15.3. The minimum Gasteiger partial charge on any atom is -0.300 e. The van der Waals surface area contributed by atoms with E-state index in [1.165, 1.54) is 34.2 Å². The average molecular weight is 325 g/mol. The number of nitrogens with zero attached hydrogens (tertiary/aromatic N) is 2. The molecule has 4 nitrogen and oxygen atoms in total. The second-order valence-corrected chi connectivity index (χ2v) is 7.12. The van der Waals surface area contributed by atoms with Crippen LogP contribution in [0.5, 0.6) is 0 Å². The van der Waals surface area contributed by atoms with E-state index >= 15 is 0 Å². The summed E-state index contributed by atoms with van der Waals surface area (Å²) < 4.78 is 0.854. The molecule has 0 spiro atoms. The number of aromatic nitrogens is 2. The second kappa shape index (κ2) is 7.66. The fraction of sp³-hybridized carbons (Fsp3) is 0.308. The summed E-state index contributed by atoms with van der Waals surface area (Å²) in [5.74, 6) is 1.22. The van der Waals surface area contributed by atoms with Gasteiger partial charge in [0.05, 0.1) is 5.75 Å². The number of nitrogens with one attached hydrogen (secondary N) is 1. The van der Waals surface area contributed by atoms with Gasteiger partial charge in [0.25, 0.3) is 0 Å².